The summed E-state index contributed by atoms with van der Waals surface area (Å²) in [7, 11) is 0. The van der Waals surface area contributed by atoms with E-state index >= 15 is 0 Å². The number of halogens is 1. The number of rotatable bonds is 4. The van der Waals surface area contributed by atoms with Gasteiger partial charge in [-0.2, -0.15) is 0 Å². The number of benzene rings is 1. The van der Waals surface area contributed by atoms with Gasteiger partial charge in [0, 0.05) is 17.1 Å². The van der Waals surface area contributed by atoms with Gasteiger partial charge in [0.1, 0.15) is 0 Å². The van der Waals surface area contributed by atoms with Gasteiger partial charge in [-0.05, 0) is 43.9 Å². The average molecular weight is 280 g/mol. The Morgan fingerprint density at radius 1 is 1.05 bits per heavy atom. The molecule has 1 aromatic rings. The smallest absolute Gasteiger partial charge is 0.0406 e. The first kappa shape index (κ1) is 14.9. The van der Waals surface area contributed by atoms with Crippen molar-refractivity contribution in [3.05, 3.63) is 34.9 Å². The summed E-state index contributed by atoms with van der Waals surface area (Å²) in [5.41, 5.74) is 1.37. The summed E-state index contributed by atoms with van der Waals surface area (Å²) in [4.78, 5) is 0. The predicted molar refractivity (Wildman–Crippen MR) is 83.9 cm³/mol. The van der Waals surface area contributed by atoms with Crippen molar-refractivity contribution in [3.8, 4) is 0 Å². The van der Waals surface area contributed by atoms with Crippen molar-refractivity contribution in [2.24, 2.45) is 0 Å². The van der Waals surface area contributed by atoms with Crippen LogP contribution in [0.5, 0.6) is 0 Å². The fourth-order valence-electron chi connectivity index (χ4n) is 3.06. The van der Waals surface area contributed by atoms with Crippen LogP contribution in [0.1, 0.15) is 57.4 Å². The molecule has 1 aliphatic carbocycles. The molecule has 0 spiro atoms. The molecule has 1 atom stereocenters. The van der Waals surface area contributed by atoms with E-state index in [4.69, 9.17) is 11.6 Å². The first-order chi connectivity index (χ1) is 9.24. The number of hydrogen-bond donors (Lipinski definition) is 1. The lowest BCUT2D eigenvalue weighted by atomic mass is 9.95. The highest BCUT2D eigenvalue weighted by Crippen LogP contribution is 2.18. The second kappa shape index (κ2) is 7.91. The van der Waals surface area contributed by atoms with E-state index in [0.717, 1.165) is 17.5 Å². The monoisotopic (exact) mass is 279 g/mol. The summed E-state index contributed by atoms with van der Waals surface area (Å²) >= 11 is 5.92. The molecule has 0 amide bonds. The van der Waals surface area contributed by atoms with Crippen LogP contribution in [0.4, 0.5) is 0 Å². The zero-order chi connectivity index (χ0) is 13.5. The van der Waals surface area contributed by atoms with Crippen molar-refractivity contribution >= 4 is 11.6 Å². The molecular formula is C17H26ClN. The van der Waals surface area contributed by atoms with Gasteiger partial charge in [-0.25, -0.2) is 0 Å². The van der Waals surface area contributed by atoms with E-state index in [9.17, 15) is 0 Å². The van der Waals surface area contributed by atoms with E-state index in [2.05, 4.69) is 24.4 Å². The van der Waals surface area contributed by atoms with Gasteiger partial charge in [-0.1, -0.05) is 55.8 Å². The van der Waals surface area contributed by atoms with Crippen LogP contribution in [0.2, 0.25) is 5.02 Å². The Morgan fingerprint density at radius 2 is 1.63 bits per heavy atom. The highest BCUT2D eigenvalue weighted by atomic mass is 35.5. The van der Waals surface area contributed by atoms with Crippen molar-refractivity contribution in [2.45, 2.75) is 70.4 Å². The third kappa shape index (κ3) is 5.54. The van der Waals surface area contributed by atoms with Gasteiger partial charge in [0.25, 0.3) is 0 Å². The molecule has 0 aliphatic heterocycles. The number of nitrogens with one attached hydrogen (secondary N) is 1. The lowest BCUT2D eigenvalue weighted by Gasteiger charge is -2.25. The first-order valence-corrected chi connectivity index (χ1v) is 8.12. The molecule has 19 heavy (non-hydrogen) atoms. The minimum Gasteiger partial charge on any atom is -0.311 e. The maximum absolute atomic E-state index is 5.92. The average Bonchev–Trinajstić information content (AvgIpc) is 2.35. The third-order valence-electron chi connectivity index (χ3n) is 4.08. The minimum atomic E-state index is 0.547. The summed E-state index contributed by atoms with van der Waals surface area (Å²) in [6.07, 6.45) is 10.9. The molecule has 0 heterocycles. The van der Waals surface area contributed by atoms with Crippen LogP contribution in [0, 0.1) is 0 Å². The zero-order valence-electron chi connectivity index (χ0n) is 12.0. The van der Waals surface area contributed by atoms with E-state index in [1.807, 2.05) is 12.1 Å². The van der Waals surface area contributed by atoms with Gasteiger partial charge >= 0.3 is 0 Å². The van der Waals surface area contributed by atoms with Crippen LogP contribution in [-0.2, 0) is 6.42 Å². The molecule has 1 aromatic carbocycles. The second-order valence-electron chi connectivity index (χ2n) is 5.94. The van der Waals surface area contributed by atoms with Crippen LogP contribution in [-0.4, -0.2) is 12.1 Å². The van der Waals surface area contributed by atoms with Crippen LogP contribution in [0.3, 0.4) is 0 Å². The standard InChI is InChI=1S/C17H26ClN/c1-14(13-15-9-11-16(18)12-10-15)19-17-7-5-3-2-4-6-8-17/h9-12,14,17,19H,2-8,13H2,1H3. The van der Waals surface area contributed by atoms with Gasteiger partial charge < -0.3 is 5.32 Å². The minimum absolute atomic E-state index is 0.547. The van der Waals surface area contributed by atoms with Crippen LogP contribution in [0.25, 0.3) is 0 Å². The summed E-state index contributed by atoms with van der Waals surface area (Å²) in [5, 5.41) is 4.64. The summed E-state index contributed by atoms with van der Waals surface area (Å²) < 4.78 is 0. The first-order valence-electron chi connectivity index (χ1n) is 7.74. The summed E-state index contributed by atoms with van der Waals surface area (Å²) in [6, 6.07) is 9.52. The molecule has 2 heteroatoms. The van der Waals surface area contributed by atoms with E-state index in [-0.39, 0.29) is 0 Å². The van der Waals surface area contributed by atoms with Crippen molar-refractivity contribution in [3.63, 3.8) is 0 Å². The molecule has 0 saturated heterocycles. The van der Waals surface area contributed by atoms with Gasteiger partial charge in [0.2, 0.25) is 0 Å². The SMILES string of the molecule is CC(Cc1ccc(Cl)cc1)NC1CCCCCCC1. The second-order valence-corrected chi connectivity index (χ2v) is 6.38. The molecule has 106 valence electrons. The van der Waals surface area contributed by atoms with Gasteiger partial charge in [-0.3, -0.25) is 0 Å². The quantitative estimate of drug-likeness (QED) is 0.820. The molecule has 1 aliphatic rings. The van der Waals surface area contributed by atoms with E-state index in [1.54, 1.807) is 0 Å². The lowest BCUT2D eigenvalue weighted by Crippen LogP contribution is -2.38. The van der Waals surface area contributed by atoms with Crippen molar-refractivity contribution in [1.82, 2.24) is 5.32 Å². The van der Waals surface area contributed by atoms with E-state index in [0.29, 0.717) is 6.04 Å². The molecule has 1 saturated carbocycles. The zero-order valence-corrected chi connectivity index (χ0v) is 12.8. The largest absolute Gasteiger partial charge is 0.311 e. The van der Waals surface area contributed by atoms with Crippen LogP contribution >= 0.6 is 11.6 Å². The molecule has 0 radical (unpaired) electrons. The fraction of sp³-hybridized carbons (Fsp3) is 0.647. The van der Waals surface area contributed by atoms with Gasteiger partial charge in [0.05, 0.1) is 0 Å². The van der Waals surface area contributed by atoms with Crippen LogP contribution in [0.15, 0.2) is 24.3 Å². The lowest BCUT2D eigenvalue weighted by molar-refractivity contribution is 0.358. The molecule has 1 unspecified atom stereocenters. The molecule has 1 N–H and O–H groups in total. The molecular weight excluding hydrogens is 254 g/mol. The Hall–Kier alpha value is -0.530. The highest BCUT2D eigenvalue weighted by Gasteiger charge is 2.13. The highest BCUT2D eigenvalue weighted by molar-refractivity contribution is 6.30. The third-order valence-corrected chi connectivity index (χ3v) is 4.33. The predicted octanol–water partition coefficient (Wildman–Crippen LogP) is 4.97. The molecule has 2 rings (SSSR count). The molecule has 1 fully saturated rings. The maximum Gasteiger partial charge on any atom is 0.0406 e. The summed E-state index contributed by atoms with van der Waals surface area (Å²) in [5.74, 6) is 0. The Morgan fingerprint density at radius 3 is 2.26 bits per heavy atom. The molecule has 0 aromatic heterocycles. The topological polar surface area (TPSA) is 12.0 Å². The van der Waals surface area contributed by atoms with Crippen LogP contribution < -0.4 is 5.32 Å². The van der Waals surface area contributed by atoms with E-state index in [1.165, 1.54) is 50.5 Å². The Balaban J connectivity index is 1.79. The molecule has 0 bridgehead atoms. The Bertz CT molecular complexity index is 352. The number of hydrogen-bond acceptors (Lipinski definition) is 1. The molecule has 1 nitrogen and oxygen atoms in total. The van der Waals surface area contributed by atoms with Crippen molar-refractivity contribution in [2.75, 3.05) is 0 Å². The van der Waals surface area contributed by atoms with E-state index < -0.39 is 0 Å². The Kier molecular flexibility index (Phi) is 6.19. The summed E-state index contributed by atoms with van der Waals surface area (Å²) in [6.45, 7) is 2.30. The van der Waals surface area contributed by atoms with Crippen molar-refractivity contribution in [1.29, 1.82) is 0 Å². The van der Waals surface area contributed by atoms with Gasteiger partial charge in [0.15, 0.2) is 0 Å². The fourth-order valence-corrected chi connectivity index (χ4v) is 3.18. The maximum atomic E-state index is 5.92. The normalized spacial score (nSPS) is 19.7. The van der Waals surface area contributed by atoms with Gasteiger partial charge in [-0.15, -0.1) is 0 Å². The van der Waals surface area contributed by atoms with Crippen molar-refractivity contribution < 1.29 is 0 Å². The Labute approximate surface area is 122 Å².